The van der Waals surface area contributed by atoms with E-state index >= 15 is 0 Å². The molecule has 0 fully saturated rings. The Labute approximate surface area is 211 Å². The van der Waals surface area contributed by atoms with Crippen LogP contribution in [0.1, 0.15) is 47.1 Å². The highest BCUT2D eigenvalue weighted by Crippen LogP contribution is 2.20. The molecule has 0 aromatic heterocycles. The van der Waals surface area contributed by atoms with Crippen molar-refractivity contribution in [1.29, 1.82) is 0 Å². The average Bonchev–Trinajstić information content (AvgIpc) is 2.72. The van der Waals surface area contributed by atoms with Gasteiger partial charge < -0.3 is 9.80 Å². The molecule has 176 valence electrons. The molecule has 0 atom stereocenters. The van der Waals surface area contributed by atoms with Crippen LogP contribution < -0.4 is 0 Å². The highest BCUT2D eigenvalue weighted by atomic mass is 35.5. The largest absolute Gasteiger partial charge is 0.334 e. The number of nitrogens with zero attached hydrogens (tertiary/aromatic N) is 2. The van der Waals surface area contributed by atoms with E-state index in [1.54, 1.807) is 0 Å². The van der Waals surface area contributed by atoms with Gasteiger partial charge in [-0.1, -0.05) is 70.5 Å². The van der Waals surface area contributed by atoms with Crippen molar-refractivity contribution in [2.75, 3.05) is 18.8 Å². The zero-order valence-electron chi connectivity index (χ0n) is 19.0. The zero-order valence-corrected chi connectivity index (χ0v) is 22.9. The highest BCUT2D eigenvalue weighted by Gasteiger charge is 2.20. The van der Waals surface area contributed by atoms with Crippen molar-refractivity contribution < 1.29 is 9.59 Å². The Morgan fingerprint density at radius 3 is 1.90 bits per heavy atom. The van der Waals surface area contributed by atoms with Gasteiger partial charge in [-0.05, 0) is 59.2 Å². The molecule has 2 amide bonds. The second-order valence-electron chi connectivity index (χ2n) is 7.06. The summed E-state index contributed by atoms with van der Waals surface area (Å²) in [7, 11) is 0. The molecule has 0 saturated carbocycles. The third-order valence-corrected chi connectivity index (χ3v) is 7.00. The number of hydrogen-bond acceptors (Lipinski definition) is 4. The van der Waals surface area contributed by atoms with Gasteiger partial charge in [0.15, 0.2) is 0 Å². The standard InChI is InChI=1S/C12H16ClNOS.C10H17Cl2NOS/c1-3-14(4-2)12(15)16-9-10-5-7-11(13)8-6-10;1-7(2)13(8(3)4)10(14)15-6-9(12)5-11/h5-8H,3-4,9H2,1-2H3;5,7-8H,6H2,1-4H3/b;9-5-. The second kappa shape index (κ2) is 17.0. The number of carbonyl (C=O) groups excluding carboxylic acids is 2. The van der Waals surface area contributed by atoms with Crippen molar-refractivity contribution in [3.8, 4) is 0 Å². The third-order valence-electron chi connectivity index (χ3n) is 4.07. The van der Waals surface area contributed by atoms with E-state index in [1.165, 1.54) is 29.1 Å². The van der Waals surface area contributed by atoms with E-state index in [1.807, 2.05) is 75.6 Å². The first-order chi connectivity index (χ1) is 14.6. The van der Waals surface area contributed by atoms with E-state index < -0.39 is 0 Å². The van der Waals surface area contributed by atoms with Crippen LogP contribution in [0, 0.1) is 0 Å². The first-order valence-electron chi connectivity index (χ1n) is 10.1. The SMILES string of the molecule is CC(C)N(C(=O)SC/C(Cl)=C/Cl)C(C)C.CCN(CC)C(=O)SCc1ccc(Cl)cc1. The van der Waals surface area contributed by atoms with Crippen molar-refractivity contribution in [2.24, 2.45) is 0 Å². The Morgan fingerprint density at radius 2 is 1.48 bits per heavy atom. The van der Waals surface area contributed by atoms with Gasteiger partial charge in [-0.15, -0.1) is 0 Å². The van der Waals surface area contributed by atoms with E-state index in [0.717, 1.165) is 23.7 Å². The quantitative estimate of drug-likeness (QED) is 0.341. The number of halogens is 3. The number of hydrogen-bond donors (Lipinski definition) is 0. The van der Waals surface area contributed by atoms with Crippen molar-refractivity contribution >= 4 is 68.8 Å². The van der Waals surface area contributed by atoms with Crippen molar-refractivity contribution in [2.45, 2.75) is 59.4 Å². The lowest BCUT2D eigenvalue weighted by Crippen LogP contribution is -2.39. The minimum Gasteiger partial charge on any atom is -0.334 e. The summed E-state index contributed by atoms with van der Waals surface area (Å²) >= 11 is 19.4. The molecule has 1 aromatic carbocycles. The molecule has 0 radical (unpaired) electrons. The molecule has 0 heterocycles. The fraction of sp³-hybridized carbons (Fsp3) is 0.545. The number of thioether (sulfide) groups is 2. The molecule has 0 aliphatic heterocycles. The van der Waals surface area contributed by atoms with E-state index in [9.17, 15) is 9.59 Å². The smallest absolute Gasteiger partial charge is 0.282 e. The molecular weight excluding hydrogens is 495 g/mol. The second-order valence-corrected chi connectivity index (χ2v) is 10.1. The summed E-state index contributed by atoms with van der Waals surface area (Å²) in [4.78, 5) is 27.2. The number of benzene rings is 1. The highest BCUT2D eigenvalue weighted by molar-refractivity contribution is 8.13. The summed E-state index contributed by atoms with van der Waals surface area (Å²) in [6, 6.07) is 7.99. The maximum Gasteiger partial charge on any atom is 0.282 e. The monoisotopic (exact) mass is 526 g/mol. The first-order valence-corrected chi connectivity index (χ1v) is 13.3. The van der Waals surface area contributed by atoms with Gasteiger partial charge in [0, 0.05) is 52.3 Å². The molecule has 1 aromatic rings. The molecule has 0 saturated heterocycles. The number of rotatable bonds is 8. The van der Waals surface area contributed by atoms with E-state index in [2.05, 4.69) is 0 Å². The molecule has 0 N–H and O–H groups in total. The van der Waals surface area contributed by atoms with Crippen LogP contribution in [-0.4, -0.2) is 51.2 Å². The van der Waals surface area contributed by atoms with Crippen LogP contribution in [0.2, 0.25) is 5.02 Å². The Hall–Kier alpha value is -0.530. The van der Waals surface area contributed by atoms with Crippen molar-refractivity contribution in [3.05, 3.63) is 45.4 Å². The van der Waals surface area contributed by atoms with Gasteiger partial charge in [-0.25, -0.2) is 0 Å². The molecule has 0 unspecified atom stereocenters. The maximum atomic E-state index is 11.8. The lowest BCUT2D eigenvalue weighted by molar-refractivity contribution is 0.190. The molecule has 1 rings (SSSR count). The van der Waals surface area contributed by atoms with Gasteiger partial charge in [-0.3, -0.25) is 9.59 Å². The zero-order chi connectivity index (χ0) is 24.0. The summed E-state index contributed by atoms with van der Waals surface area (Å²) in [6.45, 7) is 13.5. The van der Waals surface area contributed by atoms with Crippen LogP contribution in [0.3, 0.4) is 0 Å². The Morgan fingerprint density at radius 1 is 0.968 bits per heavy atom. The van der Waals surface area contributed by atoms with Crippen LogP contribution in [0.15, 0.2) is 34.8 Å². The average molecular weight is 528 g/mol. The van der Waals surface area contributed by atoms with Crippen LogP contribution in [-0.2, 0) is 5.75 Å². The molecule has 0 aliphatic carbocycles. The van der Waals surface area contributed by atoms with Crippen LogP contribution in [0.25, 0.3) is 0 Å². The Balaban J connectivity index is 0.000000582. The van der Waals surface area contributed by atoms with Crippen molar-refractivity contribution in [3.63, 3.8) is 0 Å². The van der Waals surface area contributed by atoms with Gasteiger partial charge >= 0.3 is 0 Å². The molecule has 9 heteroatoms. The number of carbonyl (C=O) groups is 2. The van der Waals surface area contributed by atoms with Crippen molar-refractivity contribution in [1.82, 2.24) is 9.80 Å². The van der Waals surface area contributed by atoms with Gasteiger partial charge in [0.25, 0.3) is 10.5 Å². The fourth-order valence-electron chi connectivity index (χ4n) is 2.55. The topological polar surface area (TPSA) is 40.6 Å². The van der Waals surface area contributed by atoms with Crippen LogP contribution >= 0.6 is 58.3 Å². The van der Waals surface area contributed by atoms with Gasteiger partial charge in [0.2, 0.25) is 0 Å². The maximum absolute atomic E-state index is 11.8. The number of amides is 2. The first kappa shape index (κ1) is 30.5. The van der Waals surface area contributed by atoms with Gasteiger partial charge in [0.05, 0.1) is 0 Å². The van der Waals surface area contributed by atoms with E-state index in [4.69, 9.17) is 34.8 Å². The predicted molar refractivity (Wildman–Crippen MR) is 141 cm³/mol. The van der Waals surface area contributed by atoms with Crippen LogP contribution in [0.4, 0.5) is 9.59 Å². The molecule has 4 nitrogen and oxygen atoms in total. The Kier molecular flexibility index (Phi) is 16.7. The minimum absolute atomic E-state index is 0.0386. The third kappa shape index (κ3) is 12.9. The predicted octanol–water partition coefficient (Wildman–Crippen LogP) is 8.31. The van der Waals surface area contributed by atoms with Crippen LogP contribution in [0.5, 0.6) is 0 Å². The lowest BCUT2D eigenvalue weighted by atomic mass is 10.2. The normalized spacial score (nSPS) is 11.3. The summed E-state index contributed by atoms with van der Waals surface area (Å²) in [5.74, 6) is 1.13. The molecule has 0 spiro atoms. The van der Waals surface area contributed by atoms with Gasteiger partial charge in [-0.2, -0.15) is 0 Å². The Bertz CT molecular complexity index is 687. The summed E-state index contributed by atoms with van der Waals surface area (Å²) in [5.41, 5.74) is 2.41. The lowest BCUT2D eigenvalue weighted by Gasteiger charge is -2.30. The molecule has 31 heavy (non-hydrogen) atoms. The fourth-order valence-corrected chi connectivity index (χ4v) is 4.85. The summed E-state index contributed by atoms with van der Waals surface area (Å²) in [5, 5.41) is 1.39. The minimum atomic E-state index is 0.0386. The molecular formula is C22H33Cl3N2O2S2. The summed E-state index contributed by atoms with van der Waals surface area (Å²) in [6.07, 6.45) is 0. The van der Waals surface area contributed by atoms with E-state index in [0.29, 0.717) is 16.5 Å². The summed E-state index contributed by atoms with van der Waals surface area (Å²) < 4.78 is 0. The van der Waals surface area contributed by atoms with E-state index in [-0.39, 0.29) is 22.6 Å². The molecule has 0 bridgehead atoms. The van der Waals surface area contributed by atoms with Gasteiger partial charge in [0.1, 0.15) is 0 Å². The molecule has 0 aliphatic rings.